The number of carbonyl (C=O) groups excluding carboxylic acids is 1. The first-order valence-corrected chi connectivity index (χ1v) is 5.49. The smallest absolute Gasteiger partial charge is 0.250 e. The molecule has 5 heteroatoms. The molecule has 0 aliphatic heterocycles. The van der Waals surface area contributed by atoms with Crippen molar-refractivity contribution in [2.24, 2.45) is 11.7 Å². The van der Waals surface area contributed by atoms with Crippen LogP contribution in [0.4, 0.5) is 5.82 Å². The molecule has 0 bridgehead atoms. The highest BCUT2D eigenvalue weighted by molar-refractivity contribution is 5.92. The number of nitriles is 1. The lowest BCUT2D eigenvalue weighted by molar-refractivity contribution is 0.1000. The van der Waals surface area contributed by atoms with E-state index in [0.29, 0.717) is 12.1 Å². The molecule has 1 aromatic heterocycles. The maximum Gasteiger partial charge on any atom is 0.250 e. The highest BCUT2D eigenvalue weighted by Gasteiger charge is 2.10. The van der Waals surface area contributed by atoms with Crippen molar-refractivity contribution in [1.82, 2.24) is 4.98 Å². The molecule has 0 saturated heterocycles. The van der Waals surface area contributed by atoms with Gasteiger partial charge in [-0.25, -0.2) is 4.98 Å². The van der Waals surface area contributed by atoms with Crippen molar-refractivity contribution in [3.8, 4) is 6.07 Å². The standard InChI is InChI=1S/C12H16N4O/c1-3-16(8-9(2)6-13)11-5-4-10(7-15-11)12(14)17/h4-5,7,9H,3,8H2,1-2H3,(H2,14,17). The molecule has 0 spiro atoms. The van der Waals surface area contributed by atoms with Crippen LogP contribution in [0.25, 0.3) is 0 Å². The van der Waals surface area contributed by atoms with E-state index in [1.54, 1.807) is 12.1 Å². The van der Waals surface area contributed by atoms with Crippen LogP contribution < -0.4 is 10.6 Å². The van der Waals surface area contributed by atoms with Gasteiger partial charge in [-0.1, -0.05) is 0 Å². The molecular formula is C12H16N4O. The van der Waals surface area contributed by atoms with Crippen LogP contribution in [0.1, 0.15) is 24.2 Å². The lowest BCUT2D eigenvalue weighted by atomic mass is 10.2. The third-order valence-corrected chi connectivity index (χ3v) is 2.45. The van der Waals surface area contributed by atoms with Gasteiger partial charge in [0.25, 0.3) is 0 Å². The van der Waals surface area contributed by atoms with Crippen molar-refractivity contribution in [2.75, 3.05) is 18.0 Å². The summed E-state index contributed by atoms with van der Waals surface area (Å²) in [6.45, 7) is 5.24. The molecule has 1 rings (SSSR count). The van der Waals surface area contributed by atoms with Crippen LogP contribution in [0, 0.1) is 17.2 Å². The van der Waals surface area contributed by atoms with Gasteiger partial charge in [0.15, 0.2) is 0 Å². The van der Waals surface area contributed by atoms with Crippen molar-refractivity contribution >= 4 is 11.7 Å². The van der Waals surface area contributed by atoms with Crippen LogP contribution >= 0.6 is 0 Å². The van der Waals surface area contributed by atoms with Crippen molar-refractivity contribution in [2.45, 2.75) is 13.8 Å². The van der Waals surface area contributed by atoms with E-state index in [1.807, 2.05) is 18.7 Å². The van der Waals surface area contributed by atoms with Gasteiger partial charge in [-0.2, -0.15) is 5.26 Å². The fraction of sp³-hybridized carbons (Fsp3) is 0.417. The number of pyridine rings is 1. The predicted octanol–water partition coefficient (Wildman–Crippen LogP) is 1.17. The number of primary amides is 1. The first kappa shape index (κ1) is 13.0. The maximum atomic E-state index is 10.9. The fourth-order valence-corrected chi connectivity index (χ4v) is 1.47. The molecule has 0 radical (unpaired) electrons. The minimum absolute atomic E-state index is 0.0624. The summed E-state index contributed by atoms with van der Waals surface area (Å²) in [5.41, 5.74) is 5.53. The lowest BCUT2D eigenvalue weighted by Crippen LogP contribution is -2.28. The number of amides is 1. The Morgan fingerprint density at radius 1 is 1.65 bits per heavy atom. The molecule has 90 valence electrons. The molecule has 0 aromatic carbocycles. The molecule has 5 nitrogen and oxygen atoms in total. The van der Waals surface area contributed by atoms with E-state index in [4.69, 9.17) is 11.0 Å². The van der Waals surface area contributed by atoms with Gasteiger partial charge in [0.1, 0.15) is 5.82 Å². The molecule has 1 aromatic rings. The van der Waals surface area contributed by atoms with E-state index >= 15 is 0 Å². The van der Waals surface area contributed by atoms with Crippen LogP contribution in [-0.4, -0.2) is 24.0 Å². The van der Waals surface area contributed by atoms with Crippen LogP contribution in [0.3, 0.4) is 0 Å². The number of rotatable bonds is 5. The van der Waals surface area contributed by atoms with Crippen LogP contribution in [0.2, 0.25) is 0 Å². The molecule has 1 atom stereocenters. The van der Waals surface area contributed by atoms with E-state index in [-0.39, 0.29) is 5.92 Å². The van der Waals surface area contributed by atoms with E-state index in [9.17, 15) is 4.79 Å². The predicted molar refractivity (Wildman–Crippen MR) is 65.4 cm³/mol. The zero-order valence-electron chi connectivity index (χ0n) is 10.1. The Hall–Kier alpha value is -2.09. The molecule has 0 saturated carbocycles. The Kier molecular flexibility index (Phi) is 4.46. The molecule has 17 heavy (non-hydrogen) atoms. The Balaban J connectivity index is 2.83. The highest BCUT2D eigenvalue weighted by Crippen LogP contribution is 2.12. The number of nitrogens with zero attached hydrogens (tertiary/aromatic N) is 3. The number of hydrogen-bond acceptors (Lipinski definition) is 4. The van der Waals surface area contributed by atoms with E-state index in [0.717, 1.165) is 12.4 Å². The Bertz CT molecular complexity index is 421. The summed E-state index contributed by atoms with van der Waals surface area (Å²) in [5, 5.41) is 8.78. The molecule has 0 aliphatic rings. The third kappa shape index (κ3) is 3.45. The summed E-state index contributed by atoms with van der Waals surface area (Å²) in [5.74, 6) is 0.199. The Morgan fingerprint density at radius 2 is 2.35 bits per heavy atom. The second-order valence-corrected chi connectivity index (χ2v) is 3.84. The summed E-state index contributed by atoms with van der Waals surface area (Å²) in [4.78, 5) is 17.1. The topological polar surface area (TPSA) is 83.0 Å². The summed E-state index contributed by atoms with van der Waals surface area (Å²) < 4.78 is 0. The monoisotopic (exact) mass is 232 g/mol. The zero-order chi connectivity index (χ0) is 12.8. The number of nitrogens with two attached hydrogens (primary N) is 1. The van der Waals surface area contributed by atoms with Crippen molar-refractivity contribution < 1.29 is 4.79 Å². The van der Waals surface area contributed by atoms with Gasteiger partial charge in [-0.05, 0) is 26.0 Å². The van der Waals surface area contributed by atoms with Gasteiger partial charge in [0.05, 0.1) is 17.6 Å². The fourth-order valence-electron chi connectivity index (χ4n) is 1.47. The van der Waals surface area contributed by atoms with E-state index < -0.39 is 5.91 Å². The normalized spacial score (nSPS) is 11.6. The Morgan fingerprint density at radius 3 is 2.76 bits per heavy atom. The maximum absolute atomic E-state index is 10.9. The first-order valence-electron chi connectivity index (χ1n) is 5.49. The summed E-state index contributed by atoms with van der Waals surface area (Å²) in [6, 6.07) is 5.57. The van der Waals surface area contributed by atoms with Gasteiger partial charge >= 0.3 is 0 Å². The highest BCUT2D eigenvalue weighted by atomic mass is 16.1. The van der Waals surface area contributed by atoms with Crippen molar-refractivity contribution in [3.05, 3.63) is 23.9 Å². The molecule has 1 heterocycles. The molecule has 2 N–H and O–H groups in total. The van der Waals surface area contributed by atoms with Gasteiger partial charge in [-0.15, -0.1) is 0 Å². The van der Waals surface area contributed by atoms with Crippen LogP contribution in [-0.2, 0) is 0 Å². The largest absolute Gasteiger partial charge is 0.366 e. The minimum atomic E-state index is -0.488. The number of aromatic nitrogens is 1. The summed E-state index contributed by atoms with van der Waals surface area (Å²) >= 11 is 0. The number of hydrogen-bond donors (Lipinski definition) is 1. The molecule has 0 fully saturated rings. The van der Waals surface area contributed by atoms with E-state index in [1.165, 1.54) is 6.20 Å². The second-order valence-electron chi connectivity index (χ2n) is 3.84. The van der Waals surface area contributed by atoms with Crippen molar-refractivity contribution in [1.29, 1.82) is 5.26 Å². The van der Waals surface area contributed by atoms with Crippen molar-refractivity contribution in [3.63, 3.8) is 0 Å². The minimum Gasteiger partial charge on any atom is -0.366 e. The molecular weight excluding hydrogens is 216 g/mol. The summed E-state index contributed by atoms with van der Waals surface area (Å²) in [6.07, 6.45) is 1.46. The molecule has 1 unspecified atom stereocenters. The average molecular weight is 232 g/mol. The lowest BCUT2D eigenvalue weighted by Gasteiger charge is -2.22. The zero-order valence-corrected chi connectivity index (χ0v) is 10.1. The number of anilines is 1. The number of carbonyl (C=O) groups is 1. The second kappa shape index (κ2) is 5.85. The molecule has 1 amide bonds. The van der Waals surface area contributed by atoms with Crippen LogP contribution in [0.15, 0.2) is 18.3 Å². The van der Waals surface area contributed by atoms with Gasteiger partial charge in [-0.3, -0.25) is 4.79 Å². The SMILES string of the molecule is CCN(CC(C)C#N)c1ccc(C(N)=O)cn1. The quantitative estimate of drug-likeness (QED) is 0.825. The van der Waals surface area contributed by atoms with Gasteiger partial charge in [0.2, 0.25) is 5.91 Å². The average Bonchev–Trinajstić information content (AvgIpc) is 2.35. The summed E-state index contributed by atoms with van der Waals surface area (Å²) in [7, 11) is 0. The Labute approximate surface area is 101 Å². The van der Waals surface area contributed by atoms with E-state index in [2.05, 4.69) is 11.1 Å². The molecule has 0 aliphatic carbocycles. The van der Waals surface area contributed by atoms with Gasteiger partial charge < -0.3 is 10.6 Å². The van der Waals surface area contributed by atoms with Crippen LogP contribution in [0.5, 0.6) is 0 Å². The van der Waals surface area contributed by atoms with Gasteiger partial charge in [0, 0.05) is 19.3 Å². The third-order valence-electron chi connectivity index (χ3n) is 2.45. The first-order chi connectivity index (χ1) is 8.08.